The van der Waals surface area contributed by atoms with E-state index in [1.54, 1.807) is 7.11 Å². The highest BCUT2D eigenvalue weighted by Crippen LogP contribution is 2.32. The number of hydrogen-bond donors (Lipinski definition) is 0. The molecule has 0 N–H and O–H groups in total. The molecule has 3 heteroatoms. The van der Waals surface area contributed by atoms with Crippen LogP contribution in [-0.4, -0.2) is 12.1 Å². The number of hydrogen-bond acceptors (Lipinski definition) is 2. The van der Waals surface area contributed by atoms with Gasteiger partial charge in [0.2, 0.25) is 0 Å². The van der Waals surface area contributed by atoms with E-state index < -0.39 is 0 Å². The van der Waals surface area contributed by atoms with Crippen molar-refractivity contribution < 1.29 is 4.74 Å². The summed E-state index contributed by atoms with van der Waals surface area (Å²) in [5, 5.41) is 2.55. The van der Waals surface area contributed by atoms with Gasteiger partial charge < -0.3 is 4.74 Å². The first-order valence-electron chi connectivity index (χ1n) is 4.88. The number of benzene rings is 1. The van der Waals surface area contributed by atoms with Crippen LogP contribution >= 0.6 is 11.6 Å². The highest BCUT2D eigenvalue weighted by Gasteiger charge is 2.09. The molecule has 0 spiro atoms. The van der Waals surface area contributed by atoms with Crippen molar-refractivity contribution in [1.29, 1.82) is 0 Å². The zero-order valence-corrected chi connectivity index (χ0v) is 9.51. The van der Waals surface area contributed by atoms with Gasteiger partial charge in [0.05, 0.1) is 7.11 Å². The first-order valence-corrected chi connectivity index (χ1v) is 5.25. The Balaban J connectivity index is 2.87. The molecule has 0 fully saturated rings. The maximum absolute atomic E-state index is 6.05. The van der Waals surface area contributed by atoms with Crippen LogP contribution in [0.15, 0.2) is 24.4 Å². The lowest BCUT2D eigenvalue weighted by atomic mass is 10.1. The summed E-state index contributed by atoms with van der Waals surface area (Å²) < 4.78 is 5.34. The standard InChI is InChI=1S/C12H12ClNO/c1-3-8-7-14-12(13)9-5-4-6-10(15-2)11(8)9/h4-7H,3H2,1-2H3. The average molecular weight is 222 g/mol. The molecule has 0 bridgehead atoms. The molecule has 0 atom stereocenters. The normalized spacial score (nSPS) is 10.6. The molecule has 0 saturated carbocycles. The first kappa shape index (κ1) is 10.2. The minimum absolute atomic E-state index is 0.529. The summed E-state index contributed by atoms with van der Waals surface area (Å²) in [6.07, 6.45) is 2.73. The number of nitrogens with zero attached hydrogens (tertiary/aromatic N) is 1. The van der Waals surface area contributed by atoms with E-state index in [1.807, 2.05) is 24.4 Å². The van der Waals surface area contributed by atoms with Crippen molar-refractivity contribution >= 4 is 22.4 Å². The molecule has 2 aromatic rings. The lowest BCUT2D eigenvalue weighted by Crippen LogP contribution is -1.92. The van der Waals surface area contributed by atoms with Gasteiger partial charge in [-0.3, -0.25) is 0 Å². The van der Waals surface area contributed by atoms with Gasteiger partial charge in [0.15, 0.2) is 0 Å². The summed E-state index contributed by atoms with van der Waals surface area (Å²) in [6, 6.07) is 5.83. The molecule has 0 radical (unpaired) electrons. The third kappa shape index (κ3) is 1.65. The number of rotatable bonds is 2. The summed E-state index contributed by atoms with van der Waals surface area (Å²) in [5.41, 5.74) is 1.16. The predicted molar refractivity (Wildman–Crippen MR) is 62.7 cm³/mol. The van der Waals surface area contributed by atoms with E-state index in [4.69, 9.17) is 16.3 Å². The van der Waals surface area contributed by atoms with Crippen molar-refractivity contribution in [3.8, 4) is 5.75 Å². The molecular weight excluding hydrogens is 210 g/mol. The molecule has 0 aliphatic heterocycles. The van der Waals surface area contributed by atoms with E-state index >= 15 is 0 Å². The second kappa shape index (κ2) is 4.07. The van der Waals surface area contributed by atoms with Crippen molar-refractivity contribution in [3.05, 3.63) is 35.1 Å². The quantitative estimate of drug-likeness (QED) is 0.725. The maximum atomic E-state index is 6.05. The number of methoxy groups -OCH3 is 1. The molecule has 0 amide bonds. The molecular formula is C12H12ClNO. The van der Waals surface area contributed by atoms with Crippen LogP contribution in [0.1, 0.15) is 12.5 Å². The average Bonchev–Trinajstić information content (AvgIpc) is 2.29. The van der Waals surface area contributed by atoms with Gasteiger partial charge in [-0.1, -0.05) is 30.7 Å². The van der Waals surface area contributed by atoms with E-state index in [1.165, 1.54) is 0 Å². The Hall–Kier alpha value is -1.28. The summed E-state index contributed by atoms with van der Waals surface area (Å²) in [6.45, 7) is 2.09. The molecule has 1 aromatic carbocycles. The van der Waals surface area contributed by atoms with Gasteiger partial charge in [-0.15, -0.1) is 0 Å². The Morgan fingerprint density at radius 3 is 2.87 bits per heavy atom. The SMILES string of the molecule is CCc1cnc(Cl)c2cccc(OC)c12. The number of ether oxygens (including phenoxy) is 1. The Bertz CT molecular complexity index is 486. The highest BCUT2D eigenvalue weighted by molar-refractivity contribution is 6.34. The first-order chi connectivity index (χ1) is 7.27. The fourth-order valence-electron chi connectivity index (χ4n) is 1.74. The third-order valence-corrected chi connectivity index (χ3v) is 2.81. The van der Waals surface area contributed by atoms with Crippen LogP contribution in [0.4, 0.5) is 0 Å². The molecule has 1 aromatic heterocycles. The molecule has 0 aliphatic rings. The van der Waals surface area contributed by atoms with Gasteiger partial charge >= 0.3 is 0 Å². The minimum atomic E-state index is 0.529. The van der Waals surface area contributed by atoms with E-state index in [0.717, 1.165) is 28.5 Å². The predicted octanol–water partition coefficient (Wildman–Crippen LogP) is 3.46. The van der Waals surface area contributed by atoms with E-state index in [0.29, 0.717) is 5.15 Å². The zero-order valence-electron chi connectivity index (χ0n) is 8.75. The molecule has 0 unspecified atom stereocenters. The summed E-state index contributed by atoms with van der Waals surface area (Å²) in [5.74, 6) is 0.855. The minimum Gasteiger partial charge on any atom is -0.496 e. The smallest absolute Gasteiger partial charge is 0.136 e. The van der Waals surface area contributed by atoms with Crippen LogP contribution in [0, 0.1) is 0 Å². The van der Waals surface area contributed by atoms with Crippen LogP contribution in [-0.2, 0) is 6.42 Å². The summed E-state index contributed by atoms with van der Waals surface area (Å²) in [4.78, 5) is 4.16. The Morgan fingerprint density at radius 2 is 2.20 bits per heavy atom. The fraction of sp³-hybridized carbons (Fsp3) is 0.250. The maximum Gasteiger partial charge on any atom is 0.136 e. The molecule has 0 saturated heterocycles. The molecule has 1 heterocycles. The number of fused-ring (bicyclic) bond motifs is 1. The van der Waals surface area contributed by atoms with Crippen LogP contribution < -0.4 is 4.74 Å². The number of aromatic nitrogens is 1. The fourth-order valence-corrected chi connectivity index (χ4v) is 1.95. The van der Waals surface area contributed by atoms with E-state index in [-0.39, 0.29) is 0 Å². The lowest BCUT2D eigenvalue weighted by molar-refractivity contribution is 0.419. The number of pyridine rings is 1. The number of aryl methyl sites for hydroxylation is 1. The molecule has 78 valence electrons. The molecule has 15 heavy (non-hydrogen) atoms. The number of halogens is 1. The van der Waals surface area contributed by atoms with Crippen LogP contribution in [0.3, 0.4) is 0 Å². The van der Waals surface area contributed by atoms with Crippen LogP contribution in [0.2, 0.25) is 5.15 Å². The monoisotopic (exact) mass is 221 g/mol. The van der Waals surface area contributed by atoms with Crippen molar-refractivity contribution in [2.75, 3.05) is 7.11 Å². The zero-order chi connectivity index (χ0) is 10.8. The Labute approximate surface area is 93.8 Å². The Morgan fingerprint density at radius 1 is 1.40 bits per heavy atom. The third-order valence-electron chi connectivity index (χ3n) is 2.50. The van der Waals surface area contributed by atoms with Crippen LogP contribution in [0.25, 0.3) is 10.8 Å². The van der Waals surface area contributed by atoms with E-state index in [2.05, 4.69) is 11.9 Å². The Kier molecular flexibility index (Phi) is 2.78. The molecule has 0 aliphatic carbocycles. The van der Waals surface area contributed by atoms with Gasteiger partial charge in [0, 0.05) is 17.0 Å². The molecule has 2 rings (SSSR count). The van der Waals surface area contributed by atoms with Gasteiger partial charge in [-0.05, 0) is 18.1 Å². The highest BCUT2D eigenvalue weighted by atomic mass is 35.5. The van der Waals surface area contributed by atoms with Crippen molar-refractivity contribution in [1.82, 2.24) is 4.98 Å². The van der Waals surface area contributed by atoms with E-state index in [9.17, 15) is 0 Å². The lowest BCUT2D eigenvalue weighted by Gasteiger charge is -2.09. The van der Waals surface area contributed by atoms with Crippen molar-refractivity contribution in [2.45, 2.75) is 13.3 Å². The van der Waals surface area contributed by atoms with Gasteiger partial charge in [-0.25, -0.2) is 4.98 Å². The largest absolute Gasteiger partial charge is 0.496 e. The summed E-state index contributed by atoms with van der Waals surface area (Å²) in [7, 11) is 1.67. The van der Waals surface area contributed by atoms with Gasteiger partial charge in [-0.2, -0.15) is 0 Å². The summed E-state index contributed by atoms with van der Waals surface area (Å²) >= 11 is 6.05. The van der Waals surface area contributed by atoms with Gasteiger partial charge in [0.25, 0.3) is 0 Å². The molecule has 2 nitrogen and oxygen atoms in total. The van der Waals surface area contributed by atoms with Crippen molar-refractivity contribution in [3.63, 3.8) is 0 Å². The van der Waals surface area contributed by atoms with Crippen LogP contribution in [0.5, 0.6) is 5.75 Å². The topological polar surface area (TPSA) is 22.1 Å². The second-order valence-corrected chi connectivity index (χ2v) is 3.67. The second-order valence-electron chi connectivity index (χ2n) is 3.31. The van der Waals surface area contributed by atoms with Crippen molar-refractivity contribution in [2.24, 2.45) is 0 Å². The van der Waals surface area contributed by atoms with Gasteiger partial charge in [0.1, 0.15) is 10.9 Å².